The topological polar surface area (TPSA) is 60.9 Å². The van der Waals surface area contributed by atoms with Crippen LogP contribution in [0.25, 0.3) is 0 Å². The number of rotatable bonds is 4. The number of amides is 1. The summed E-state index contributed by atoms with van der Waals surface area (Å²) in [5, 5.41) is 9.75. The van der Waals surface area contributed by atoms with Crippen LogP contribution in [0.1, 0.15) is 29.6 Å². The number of halogens is 2. The van der Waals surface area contributed by atoms with Crippen molar-refractivity contribution in [3.8, 4) is 0 Å². The molecule has 23 heavy (non-hydrogen) atoms. The van der Waals surface area contributed by atoms with Crippen LogP contribution >= 0.6 is 23.2 Å². The lowest BCUT2D eigenvalue weighted by atomic mass is 10.1. The van der Waals surface area contributed by atoms with Gasteiger partial charge in [0.25, 0.3) is 5.91 Å². The molecule has 1 unspecified atom stereocenters. The van der Waals surface area contributed by atoms with E-state index < -0.39 is 5.97 Å². The summed E-state index contributed by atoms with van der Waals surface area (Å²) in [5.74, 6) is -0.939. The fourth-order valence-electron chi connectivity index (χ4n) is 2.90. The van der Waals surface area contributed by atoms with Gasteiger partial charge in [-0.3, -0.25) is 14.5 Å². The first-order chi connectivity index (χ1) is 10.9. The Hall–Kier alpha value is -1.30. The van der Waals surface area contributed by atoms with Gasteiger partial charge in [-0.05, 0) is 44.5 Å². The highest BCUT2D eigenvalue weighted by atomic mass is 35.5. The van der Waals surface area contributed by atoms with Crippen LogP contribution in [0.5, 0.6) is 0 Å². The maximum atomic E-state index is 12.6. The molecule has 1 aliphatic rings. The van der Waals surface area contributed by atoms with E-state index in [1.54, 1.807) is 23.1 Å². The monoisotopic (exact) mass is 358 g/mol. The van der Waals surface area contributed by atoms with Crippen molar-refractivity contribution in [3.05, 3.63) is 33.8 Å². The zero-order chi connectivity index (χ0) is 17.0. The van der Waals surface area contributed by atoms with Crippen molar-refractivity contribution in [1.82, 2.24) is 9.80 Å². The van der Waals surface area contributed by atoms with E-state index in [0.717, 1.165) is 19.3 Å². The molecule has 1 fully saturated rings. The summed E-state index contributed by atoms with van der Waals surface area (Å²) in [5.41, 5.74) is 0.452. The van der Waals surface area contributed by atoms with Crippen LogP contribution in [0.2, 0.25) is 10.0 Å². The zero-order valence-electron chi connectivity index (χ0n) is 13.0. The number of likely N-dealkylation sites (tertiary alicyclic amines) is 1. The number of hydrogen-bond acceptors (Lipinski definition) is 3. The molecular formula is C16H20Cl2N2O3. The molecule has 1 heterocycles. The van der Waals surface area contributed by atoms with E-state index >= 15 is 0 Å². The quantitative estimate of drug-likeness (QED) is 0.898. The van der Waals surface area contributed by atoms with Gasteiger partial charge in [-0.15, -0.1) is 0 Å². The highest BCUT2D eigenvalue weighted by Gasteiger charge is 2.25. The lowest BCUT2D eigenvalue weighted by Gasteiger charge is -2.25. The first-order valence-electron chi connectivity index (χ1n) is 7.55. The smallest absolute Gasteiger partial charge is 0.317 e. The number of carbonyl (C=O) groups is 2. The number of benzene rings is 1. The van der Waals surface area contributed by atoms with Gasteiger partial charge >= 0.3 is 5.97 Å². The van der Waals surface area contributed by atoms with Crippen LogP contribution in [-0.4, -0.2) is 59.5 Å². The summed E-state index contributed by atoms with van der Waals surface area (Å²) in [6.07, 6.45) is 2.47. The molecule has 1 aliphatic heterocycles. The number of carboxylic acid groups (broad SMARTS) is 1. The average molecular weight is 359 g/mol. The molecule has 1 saturated heterocycles. The molecule has 2 rings (SSSR count). The number of carboxylic acids is 1. The molecule has 0 bridgehead atoms. The second-order valence-electron chi connectivity index (χ2n) is 5.81. The van der Waals surface area contributed by atoms with E-state index in [-0.39, 0.29) is 18.5 Å². The summed E-state index contributed by atoms with van der Waals surface area (Å²) >= 11 is 12.0. The summed E-state index contributed by atoms with van der Waals surface area (Å²) in [4.78, 5) is 27.1. The van der Waals surface area contributed by atoms with Gasteiger partial charge in [-0.2, -0.15) is 0 Å². The number of carbonyl (C=O) groups excluding carboxylic acids is 1. The Morgan fingerprint density at radius 1 is 1.30 bits per heavy atom. The van der Waals surface area contributed by atoms with E-state index in [1.165, 1.54) is 0 Å². The van der Waals surface area contributed by atoms with Gasteiger partial charge in [0.2, 0.25) is 0 Å². The molecule has 0 aromatic heterocycles. The second kappa shape index (κ2) is 7.99. The molecule has 0 radical (unpaired) electrons. The van der Waals surface area contributed by atoms with Crippen molar-refractivity contribution in [2.45, 2.75) is 25.3 Å². The highest BCUT2D eigenvalue weighted by molar-refractivity contribution is 6.36. The third-order valence-corrected chi connectivity index (χ3v) is 4.70. The van der Waals surface area contributed by atoms with Gasteiger partial charge < -0.3 is 10.0 Å². The van der Waals surface area contributed by atoms with Gasteiger partial charge in [0.15, 0.2) is 0 Å². The Labute approximate surface area is 145 Å². The minimum Gasteiger partial charge on any atom is -0.480 e. The van der Waals surface area contributed by atoms with Crippen LogP contribution in [-0.2, 0) is 4.79 Å². The number of nitrogens with zero attached hydrogens (tertiary/aromatic N) is 2. The first-order valence-corrected chi connectivity index (χ1v) is 8.30. The highest BCUT2D eigenvalue weighted by Crippen LogP contribution is 2.24. The Bertz CT molecular complexity index is 595. The van der Waals surface area contributed by atoms with Gasteiger partial charge in [0, 0.05) is 24.2 Å². The fraction of sp³-hybridized carbons (Fsp3) is 0.500. The van der Waals surface area contributed by atoms with Gasteiger partial charge in [-0.1, -0.05) is 23.2 Å². The normalized spacial score (nSPS) is 18.8. The van der Waals surface area contributed by atoms with Crippen molar-refractivity contribution in [2.75, 3.05) is 26.7 Å². The molecule has 1 atom stereocenters. The van der Waals surface area contributed by atoms with Crippen LogP contribution in [0.4, 0.5) is 0 Å². The molecule has 1 aromatic carbocycles. The predicted molar refractivity (Wildman–Crippen MR) is 90.3 cm³/mol. The molecule has 126 valence electrons. The van der Waals surface area contributed by atoms with Crippen molar-refractivity contribution in [3.63, 3.8) is 0 Å². The molecule has 0 aliphatic carbocycles. The zero-order valence-corrected chi connectivity index (χ0v) is 14.5. The van der Waals surface area contributed by atoms with E-state index in [4.69, 9.17) is 28.3 Å². The van der Waals surface area contributed by atoms with E-state index in [1.807, 2.05) is 11.9 Å². The summed E-state index contributed by atoms with van der Waals surface area (Å²) < 4.78 is 0. The van der Waals surface area contributed by atoms with Crippen molar-refractivity contribution >= 4 is 35.1 Å². The fourth-order valence-corrected chi connectivity index (χ4v) is 3.39. The molecule has 0 saturated carbocycles. The molecule has 1 amide bonds. The minimum atomic E-state index is -0.836. The van der Waals surface area contributed by atoms with Crippen LogP contribution < -0.4 is 0 Å². The molecule has 5 nitrogen and oxygen atoms in total. The SMILES string of the molecule is CN(CC(=O)O)C1CCCN(C(=O)c2ccc(Cl)cc2Cl)CC1. The summed E-state index contributed by atoms with van der Waals surface area (Å²) in [7, 11) is 1.81. The van der Waals surface area contributed by atoms with Crippen LogP contribution in [0, 0.1) is 0 Å². The Morgan fingerprint density at radius 2 is 2.04 bits per heavy atom. The lowest BCUT2D eigenvalue weighted by Crippen LogP contribution is -2.37. The maximum absolute atomic E-state index is 12.6. The van der Waals surface area contributed by atoms with Gasteiger partial charge in [0.1, 0.15) is 0 Å². The summed E-state index contributed by atoms with van der Waals surface area (Å²) in [6.45, 7) is 1.25. The number of likely N-dealkylation sites (N-methyl/N-ethyl adjacent to an activating group) is 1. The third kappa shape index (κ3) is 4.83. The third-order valence-electron chi connectivity index (χ3n) is 4.15. The lowest BCUT2D eigenvalue weighted by molar-refractivity contribution is -0.138. The largest absolute Gasteiger partial charge is 0.480 e. The van der Waals surface area contributed by atoms with Crippen molar-refractivity contribution in [2.24, 2.45) is 0 Å². The number of hydrogen-bond donors (Lipinski definition) is 1. The minimum absolute atomic E-state index is 0.0155. The Morgan fingerprint density at radius 3 is 2.70 bits per heavy atom. The molecule has 1 aromatic rings. The van der Waals surface area contributed by atoms with Crippen molar-refractivity contribution < 1.29 is 14.7 Å². The van der Waals surface area contributed by atoms with E-state index in [9.17, 15) is 9.59 Å². The average Bonchev–Trinajstić information content (AvgIpc) is 2.71. The van der Waals surface area contributed by atoms with Gasteiger partial charge in [0.05, 0.1) is 17.1 Å². The number of aliphatic carboxylic acids is 1. The van der Waals surface area contributed by atoms with Gasteiger partial charge in [-0.25, -0.2) is 0 Å². The Kier molecular flexibility index (Phi) is 6.27. The van der Waals surface area contributed by atoms with E-state index in [2.05, 4.69) is 0 Å². The molecule has 7 heteroatoms. The van der Waals surface area contributed by atoms with E-state index in [0.29, 0.717) is 28.7 Å². The summed E-state index contributed by atoms with van der Waals surface area (Å²) in [6, 6.07) is 5.04. The maximum Gasteiger partial charge on any atom is 0.317 e. The predicted octanol–water partition coefficient (Wildman–Crippen LogP) is 3.00. The van der Waals surface area contributed by atoms with Crippen molar-refractivity contribution in [1.29, 1.82) is 0 Å². The first kappa shape index (κ1) is 18.0. The molecule has 0 spiro atoms. The second-order valence-corrected chi connectivity index (χ2v) is 6.65. The standard InChI is InChI=1S/C16H20Cl2N2O3/c1-19(10-15(21)22)12-3-2-7-20(8-6-12)16(23)13-5-4-11(17)9-14(13)18/h4-5,9,12H,2-3,6-8,10H2,1H3,(H,21,22). The molecular weight excluding hydrogens is 339 g/mol. The van der Waals surface area contributed by atoms with Crippen LogP contribution in [0.3, 0.4) is 0 Å². The Balaban J connectivity index is 2.02. The molecule has 1 N–H and O–H groups in total. The van der Waals surface area contributed by atoms with Crippen LogP contribution in [0.15, 0.2) is 18.2 Å².